The van der Waals surface area contributed by atoms with Gasteiger partial charge in [0.25, 0.3) is 0 Å². The molecule has 0 N–H and O–H groups in total. The average molecular weight is 339 g/mol. The molecule has 4 heteroatoms. The van der Waals surface area contributed by atoms with Crippen LogP contribution >= 0.6 is 0 Å². The summed E-state index contributed by atoms with van der Waals surface area (Å²) < 4.78 is 19.2. The third-order valence-corrected chi connectivity index (χ3v) is 7.56. The smallest absolute Gasteiger partial charge is 0.367 e. The van der Waals surface area contributed by atoms with E-state index in [0.717, 1.165) is 5.19 Å². The molecule has 0 saturated carbocycles. The first kappa shape index (κ1) is 20.4. The molecule has 0 heterocycles. The van der Waals surface area contributed by atoms with Gasteiger partial charge in [0.1, 0.15) is 0 Å². The number of benzene rings is 1. The first-order chi connectivity index (χ1) is 10.5. The Kier molecular flexibility index (Phi) is 7.02. The minimum absolute atomic E-state index is 0.0413. The zero-order valence-electron chi connectivity index (χ0n) is 16.5. The van der Waals surface area contributed by atoms with Crippen LogP contribution in [0.25, 0.3) is 0 Å². The molecule has 0 bridgehead atoms. The summed E-state index contributed by atoms with van der Waals surface area (Å²) in [5.74, 6) is 0. The van der Waals surface area contributed by atoms with E-state index >= 15 is 0 Å². The molecule has 1 aromatic carbocycles. The summed E-state index contributed by atoms with van der Waals surface area (Å²) in [6, 6.07) is 2.22. The third kappa shape index (κ3) is 4.89. The SMILES string of the molecule is Cc1cc(C)c([Si](OC(C)C)(OC(C)C)OC(C)C)c(C)c1C. The Bertz CT molecular complexity index is 509. The van der Waals surface area contributed by atoms with Crippen LogP contribution in [0, 0.1) is 27.7 Å². The molecule has 0 unspecified atom stereocenters. The van der Waals surface area contributed by atoms with Crippen molar-refractivity contribution >= 4 is 14.0 Å². The molecule has 0 radical (unpaired) electrons. The maximum absolute atomic E-state index is 6.40. The van der Waals surface area contributed by atoms with Gasteiger partial charge in [0.05, 0.1) is 0 Å². The molecule has 23 heavy (non-hydrogen) atoms. The van der Waals surface area contributed by atoms with E-state index in [1.54, 1.807) is 0 Å². The first-order valence-electron chi connectivity index (χ1n) is 8.61. The lowest BCUT2D eigenvalue weighted by molar-refractivity contribution is 0.0152. The Morgan fingerprint density at radius 2 is 1.04 bits per heavy atom. The van der Waals surface area contributed by atoms with E-state index in [1.807, 2.05) is 41.5 Å². The molecule has 0 aliphatic carbocycles. The van der Waals surface area contributed by atoms with Crippen molar-refractivity contribution in [3.8, 4) is 0 Å². The number of hydrogen-bond donors (Lipinski definition) is 0. The Hall–Kier alpha value is -0.683. The molecule has 3 nitrogen and oxygen atoms in total. The summed E-state index contributed by atoms with van der Waals surface area (Å²) in [6.45, 7) is 20.9. The summed E-state index contributed by atoms with van der Waals surface area (Å²) in [6.07, 6.45) is 0.124. The highest BCUT2D eigenvalue weighted by Crippen LogP contribution is 2.24. The molecule has 0 aliphatic heterocycles. The summed E-state index contributed by atoms with van der Waals surface area (Å²) >= 11 is 0. The molecule has 0 fully saturated rings. The number of rotatable bonds is 7. The van der Waals surface area contributed by atoms with Crippen LogP contribution in [0.1, 0.15) is 63.8 Å². The minimum Gasteiger partial charge on any atom is -0.367 e. The topological polar surface area (TPSA) is 27.7 Å². The average Bonchev–Trinajstić information content (AvgIpc) is 2.32. The fourth-order valence-electron chi connectivity index (χ4n) is 2.95. The molecule has 1 rings (SSSR count). The number of hydrogen-bond acceptors (Lipinski definition) is 3. The van der Waals surface area contributed by atoms with E-state index < -0.39 is 8.80 Å². The first-order valence-corrected chi connectivity index (χ1v) is 10.3. The van der Waals surface area contributed by atoms with Gasteiger partial charge in [0.2, 0.25) is 0 Å². The zero-order chi connectivity index (χ0) is 17.9. The summed E-state index contributed by atoms with van der Waals surface area (Å²) in [7, 11) is -3.00. The van der Waals surface area contributed by atoms with Gasteiger partial charge in [-0.2, -0.15) is 0 Å². The second-order valence-electron chi connectivity index (χ2n) is 7.19. The normalized spacial score (nSPS) is 12.7. The molecule has 132 valence electrons. The van der Waals surface area contributed by atoms with Crippen molar-refractivity contribution in [2.75, 3.05) is 0 Å². The minimum atomic E-state index is -3.00. The molecule has 1 aromatic rings. The van der Waals surface area contributed by atoms with Gasteiger partial charge in [0, 0.05) is 23.5 Å². The zero-order valence-corrected chi connectivity index (χ0v) is 17.5. The highest BCUT2D eigenvalue weighted by Gasteiger charge is 2.49. The lowest BCUT2D eigenvalue weighted by Crippen LogP contribution is -2.62. The van der Waals surface area contributed by atoms with Crippen LogP contribution in [-0.2, 0) is 13.3 Å². The molecule has 0 aliphatic rings. The molecule has 0 aromatic heterocycles. The second-order valence-corrected chi connectivity index (χ2v) is 9.51. The Morgan fingerprint density at radius 1 is 0.652 bits per heavy atom. The molecular formula is C19H34O3Si. The van der Waals surface area contributed by atoms with Crippen molar-refractivity contribution in [3.63, 3.8) is 0 Å². The van der Waals surface area contributed by atoms with Gasteiger partial charge >= 0.3 is 8.80 Å². The van der Waals surface area contributed by atoms with Crippen LogP contribution in [0.5, 0.6) is 0 Å². The monoisotopic (exact) mass is 338 g/mol. The van der Waals surface area contributed by atoms with Crippen LogP contribution < -0.4 is 5.19 Å². The molecule has 0 saturated heterocycles. The van der Waals surface area contributed by atoms with Crippen LogP contribution in [0.4, 0.5) is 0 Å². The Morgan fingerprint density at radius 3 is 1.39 bits per heavy atom. The van der Waals surface area contributed by atoms with Crippen molar-refractivity contribution in [1.82, 2.24) is 0 Å². The van der Waals surface area contributed by atoms with Crippen molar-refractivity contribution < 1.29 is 13.3 Å². The molecule has 0 spiro atoms. The Balaban J connectivity index is 3.64. The fraction of sp³-hybridized carbons (Fsp3) is 0.684. The van der Waals surface area contributed by atoms with Gasteiger partial charge in [-0.25, -0.2) is 0 Å². The van der Waals surface area contributed by atoms with Crippen LogP contribution in [0.2, 0.25) is 0 Å². The van der Waals surface area contributed by atoms with E-state index in [4.69, 9.17) is 13.3 Å². The van der Waals surface area contributed by atoms with Gasteiger partial charge in [-0.1, -0.05) is 6.07 Å². The summed E-state index contributed by atoms with van der Waals surface area (Å²) in [5, 5.41) is 1.14. The van der Waals surface area contributed by atoms with Crippen LogP contribution in [0.3, 0.4) is 0 Å². The summed E-state index contributed by atoms with van der Waals surface area (Å²) in [5.41, 5.74) is 5.01. The molecule has 0 atom stereocenters. The van der Waals surface area contributed by atoms with Crippen molar-refractivity contribution in [1.29, 1.82) is 0 Å². The van der Waals surface area contributed by atoms with Gasteiger partial charge in [-0.15, -0.1) is 0 Å². The van der Waals surface area contributed by atoms with Crippen LogP contribution in [-0.4, -0.2) is 27.1 Å². The van der Waals surface area contributed by atoms with Crippen molar-refractivity contribution in [2.45, 2.75) is 87.5 Å². The fourth-order valence-corrected chi connectivity index (χ4v) is 6.53. The number of aryl methyl sites for hydroxylation is 2. The molecular weight excluding hydrogens is 304 g/mol. The van der Waals surface area contributed by atoms with E-state index in [9.17, 15) is 0 Å². The maximum Gasteiger partial charge on any atom is 0.538 e. The van der Waals surface area contributed by atoms with Crippen LogP contribution in [0.15, 0.2) is 6.07 Å². The van der Waals surface area contributed by atoms with E-state index in [2.05, 4.69) is 33.8 Å². The lowest BCUT2D eigenvalue weighted by Gasteiger charge is -2.36. The van der Waals surface area contributed by atoms with E-state index in [0.29, 0.717) is 0 Å². The molecule has 0 amide bonds. The van der Waals surface area contributed by atoms with E-state index in [1.165, 1.54) is 22.3 Å². The van der Waals surface area contributed by atoms with Gasteiger partial charge in [0.15, 0.2) is 0 Å². The van der Waals surface area contributed by atoms with E-state index in [-0.39, 0.29) is 18.3 Å². The maximum atomic E-state index is 6.40. The second kappa shape index (κ2) is 7.93. The van der Waals surface area contributed by atoms with Crippen molar-refractivity contribution in [2.24, 2.45) is 0 Å². The lowest BCUT2D eigenvalue weighted by atomic mass is 10.0. The standard InChI is InChI=1S/C19H34O3Si/c1-12(2)20-23(21-13(3)4,22-14(5)6)19-16(8)11-15(7)17(9)18(19)10/h11-14H,1-10H3. The summed E-state index contributed by atoms with van der Waals surface area (Å²) in [4.78, 5) is 0. The highest BCUT2D eigenvalue weighted by atomic mass is 28.4. The third-order valence-electron chi connectivity index (χ3n) is 3.84. The quantitative estimate of drug-likeness (QED) is 0.692. The Labute approximate surface area is 143 Å². The highest BCUT2D eigenvalue weighted by molar-refractivity contribution is 6.76. The largest absolute Gasteiger partial charge is 0.538 e. The predicted octanol–water partition coefficient (Wildman–Crippen LogP) is 4.34. The van der Waals surface area contributed by atoms with Gasteiger partial charge in [-0.05, 0) is 91.5 Å². The van der Waals surface area contributed by atoms with Gasteiger partial charge in [-0.3, -0.25) is 0 Å². The van der Waals surface area contributed by atoms with Crippen molar-refractivity contribution in [3.05, 3.63) is 28.3 Å². The van der Waals surface area contributed by atoms with Gasteiger partial charge < -0.3 is 13.3 Å². The predicted molar refractivity (Wildman–Crippen MR) is 99.4 cm³/mol.